The number of rotatable bonds is 6. The Hall–Kier alpha value is -1.23. The third-order valence-electron chi connectivity index (χ3n) is 5.04. The van der Waals surface area contributed by atoms with Crippen molar-refractivity contribution in [3.05, 3.63) is 38.8 Å². The lowest BCUT2D eigenvalue weighted by Crippen LogP contribution is -2.22. The summed E-state index contributed by atoms with van der Waals surface area (Å²) in [6.45, 7) is 4.16. The maximum atomic E-state index is 12.9. The summed E-state index contributed by atoms with van der Waals surface area (Å²) in [5.41, 5.74) is 1.32. The number of aryl methyl sites for hydroxylation is 1. The minimum Gasteiger partial charge on any atom is -0.302 e. The van der Waals surface area contributed by atoms with Gasteiger partial charge >= 0.3 is 0 Å². The van der Waals surface area contributed by atoms with Gasteiger partial charge in [0.05, 0.1) is 10.7 Å². The number of benzene rings is 1. The molecule has 3 rings (SSSR count). The molecule has 1 saturated carbocycles. The highest BCUT2D eigenvalue weighted by molar-refractivity contribution is 7.15. The van der Waals surface area contributed by atoms with Crippen LogP contribution in [0.3, 0.4) is 0 Å². The van der Waals surface area contributed by atoms with E-state index in [1.54, 1.807) is 18.2 Å². The molecule has 1 aromatic carbocycles. The van der Waals surface area contributed by atoms with Crippen LogP contribution >= 0.6 is 34.5 Å². The van der Waals surface area contributed by atoms with E-state index in [0.717, 1.165) is 36.0 Å². The van der Waals surface area contributed by atoms with Gasteiger partial charge in [-0.15, -0.1) is 11.3 Å². The third-order valence-corrected chi connectivity index (χ3v) is 6.86. The van der Waals surface area contributed by atoms with Crippen LogP contribution in [0.5, 0.6) is 0 Å². The molecule has 3 atom stereocenters. The summed E-state index contributed by atoms with van der Waals surface area (Å²) in [6.07, 6.45) is 4.24. The zero-order valence-corrected chi connectivity index (χ0v) is 17.1. The highest BCUT2D eigenvalue weighted by Crippen LogP contribution is 2.39. The molecule has 1 aliphatic carbocycles. The number of hydrogen-bond acceptors (Lipinski definition) is 4. The van der Waals surface area contributed by atoms with Gasteiger partial charge in [-0.3, -0.25) is 4.79 Å². The minimum atomic E-state index is -0.789. The minimum absolute atomic E-state index is 0.00749. The van der Waals surface area contributed by atoms with Gasteiger partial charge in [-0.05, 0) is 49.8 Å². The number of aromatic nitrogens is 1. The fourth-order valence-electron chi connectivity index (χ4n) is 3.62. The Balaban J connectivity index is 1.98. The molecule has 138 valence electrons. The Morgan fingerprint density at radius 1 is 1.38 bits per heavy atom. The van der Waals surface area contributed by atoms with Crippen molar-refractivity contribution in [2.24, 2.45) is 11.8 Å². The Morgan fingerprint density at radius 3 is 2.77 bits per heavy atom. The molecule has 1 heterocycles. The maximum absolute atomic E-state index is 12.9. The van der Waals surface area contributed by atoms with Crippen LogP contribution in [0.25, 0.3) is 10.6 Å². The van der Waals surface area contributed by atoms with E-state index in [4.69, 9.17) is 23.2 Å². The van der Waals surface area contributed by atoms with Gasteiger partial charge in [0, 0.05) is 21.4 Å². The van der Waals surface area contributed by atoms with Crippen LogP contribution in [-0.4, -0.2) is 17.1 Å². The molecule has 1 aliphatic rings. The quantitative estimate of drug-likeness (QED) is 0.436. The first kappa shape index (κ1) is 19.5. The van der Waals surface area contributed by atoms with Crippen LogP contribution in [-0.2, 0) is 16.0 Å². The topological polar surface area (TPSA) is 47.0 Å². The molecule has 6 heteroatoms. The summed E-state index contributed by atoms with van der Waals surface area (Å²) in [7, 11) is 0. The van der Waals surface area contributed by atoms with Gasteiger partial charge in [-0.2, -0.15) is 0 Å². The number of ketones is 1. The van der Waals surface area contributed by atoms with Crippen molar-refractivity contribution >= 4 is 46.6 Å². The van der Waals surface area contributed by atoms with E-state index in [0.29, 0.717) is 33.1 Å². The Labute approximate surface area is 167 Å². The third kappa shape index (κ3) is 3.88. The summed E-state index contributed by atoms with van der Waals surface area (Å²) < 4.78 is 0. The van der Waals surface area contributed by atoms with Gasteiger partial charge in [-0.1, -0.05) is 37.0 Å². The first-order valence-electron chi connectivity index (χ1n) is 8.88. The zero-order chi connectivity index (χ0) is 18.8. The molecule has 1 unspecified atom stereocenters. The van der Waals surface area contributed by atoms with Crippen LogP contribution < -0.4 is 0 Å². The lowest BCUT2D eigenvalue weighted by Gasteiger charge is -2.14. The molecule has 0 bridgehead atoms. The van der Waals surface area contributed by atoms with Gasteiger partial charge < -0.3 is 4.79 Å². The zero-order valence-electron chi connectivity index (χ0n) is 14.8. The second-order valence-electron chi connectivity index (χ2n) is 6.94. The monoisotopic (exact) mass is 409 g/mol. The molecule has 1 fully saturated rings. The maximum Gasteiger partial charge on any atom is 0.152 e. The highest BCUT2D eigenvalue weighted by Gasteiger charge is 2.35. The number of thiazole rings is 1. The van der Waals surface area contributed by atoms with Gasteiger partial charge in [-0.25, -0.2) is 4.98 Å². The Bertz CT molecular complexity index is 833. The Morgan fingerprint density at radius 2 is 2.15 bits per heavy atom. The van der Waals surface area contributed by atoms with Crippen molar-refractivity contribution < 1.29 is 9.59 Å². The highest BCUT2D eigenvalue weighted by atomic mass is 35.5. The van der Waals surface area contributed by atoms with E-state index < -0.39 is 5.92 Å². The number of nitrogens with zero attached hydrogens (tertiary/aromatic N) is 1. The number of carbonyl (C=O) groups excluding carboxylic acids is 2. The van der Waals surface area contributed by atoms with Crippen LogP contribution in [0.15, 0.2) is 18.2 Å². The molecule has 0 spiro atoms. The first-order chi connectivity index (χ1) is 12.4. The molecule has 1 aromatic heterocycles. The molecule has 3 nitrogen and oxygen atoms in total. The van der Waals surface area contributed by atoms with E-state index in [2.05, 4.69) is 11.9 Å². The van der Waals surface area contributed by atoms with Gasteiger partial charge in [0.1, 0.15) is 17.2 Å². The normalized spacial score (nSPS) is 20.9. The smallest absolute Gasteiger partial charge is 0.152 e. The van der Waals surface area contributed by atoms with E-state index in [1.807, 2.05) is 6.92 Å². The first-order valence-corrected chi connectivity index (χ1v) is 10.5. The number of hydrogen-bond donors (Lipinski definition) is 0. The predicted octanol–water partition coefficient (Wildman–Crippen LogP) is 5.97. The lowest BCUT2D eigenvalue weighted by molar-refractivity contribution is -0.127. The molecular formula is C20H21Cl2NO2S. The van der Waals surface area contributed by atoms with Crippen LogP contribution in [0.2, 0.25) is 10.0 Å². The summed E-state index contributed by atoms with van der Waals surface area (Å²) >= 11 is 13.9. The largest absolute Gasteiger partial charge is 0.302 e. The number of Topliss-reactive ketones (excluding diaryl/α,β-unsaturated/α-hetero) is 1. The van der Waals surface area contributed by atoms with Crippen molar-refractivity contribution in [2.75, 3.05) is 0 Å². The van der Waals surface area contributed by atoms with E-state index in [-0.39, 0.29) is 11.7 Å². The van der Waals surface area contributed by atoms with Crippen molar-refractivity contribution in [1.82, 2.24) is 4.98 Å². The van der Waals surface area contributed by atoms with Crippen molar-refractivity contribution in [1.29, 1.82) is 0 Å². The average molecular weight is 410 g/mol. The predicted molar refractivity (Wildman–Crippen MR) is 107 cm³/mol. The van der Waals surface area contributed by atoms with Crippen LogP contribution in [0, 0.1) is 11.8 Å². The van der Waals surface area contributed by atoms with Crippen molar-refractivity contribution in [3.63, 3.8) is 0 Å². The van der Waals surface area contributed by atoms with Crippen molar-refractivity contribution in [3.8, 4) is 10.6 Å². The number of aldehydes is 1. The fraction of sp³-hybridized carbons (Fsp3) is 0.450. The standard InChI is InChI=1S/C20H21Cl2NO2S/c1-3-17-18(15(10-24)19(25)12-5-4-11(2)8-12)23-20(26-17)14-9-13(21)6-7-16(14)22/h6-7,9-12,15H,3-5,8H2,1-2H3/t11-,12-,15?/m1/s1. The summed E-state index contributed by atoms with van der Waals surface area (Å²) in [5, 5.41) is 1.82. The second-order valence-corrected chi connectivity index (χ2v) is 8.86. The van der Waals surface area contributed by atoms with Crippen molar-refractivity contribution in [2.45, 2.75) is 45.4 Å². The molecular weight excluding hydrogens is 389 g/mol. The van der Waals surface area contributed by atoms with Crippen LogP contribution in [0.4, 0.5) is 0 Å². The summed E-state index contributed by atoms with van der Waals surface area (Å²) in [4.78, 5) is 30.4. The summed E-state index contributed by atoms with van der Waals surface area (Å²) in [6, 6.07) is 5.22. The van der Waals surface area contributed by atoms with Gasteiger partial charge in [0.15, 0.2) is 5.78 Å². The molecule has 0 radical (unpaired) electrons. The molecule has 0 aliphatic heterocycles. The molecule has 0 amide bonds. The SMILES string of the molecule is CCc1sc(-c2cc(Cl)ccc2Cl)nc1C(C=O)C(=O)[C@@H]1CC[C@@H](C)C1. The number of halogens is 2. The number of carbonyl (C=O) groups is 2. The summed E-state index contributed by atoms with van der Waals surface area (Å²) in [5.74, 6) is -0.278. The fourth-order valence-corrected chi connectivity index (χ4v) is 5.14. The van der Waals surface area contributed by atoms with Gasteiger partial charge in [0.25, 0.3) is 0 Å². The van der Waals surface area contributed by atoms with E-state index in [1.165, 1.54) is 11.3 Å². The molecule has 26 heavy (non-hydrogen) atoms. The van der Waals surface area contributed by atoms with Crippen LogP contribution in [0.1, 0.15) is 49.6 Å². The average Bonchev–Trinajstić information content (AvgIpc) is 3.24. The van der Waals surface area contributed by atoms with E-state index in [9.17, 15) is 9.59 Å². The molecule has 0 N–H and O–H groups in total. The Kier molecular flexibility index (Phi) is 6.16. The second kappa shape index (κ2) is 8.20. The van der Waals surface area contributed by atoms with Gasteiger partial charge in [0.2, 0.25) is 0 Å². The lowest BCUT2D eigenvalue weighted by atomic mass is 9.89. The molecule has 2 aromatic rings. The van der Waals surface area contributed by atoms with E-state index >= 15 is 0 Å². The molecule has 0 saturated heterocycles.